The van der Waals surface area contributed by atoms with Crippen molar-refractivity contribution < 1.29 is 23.9 Å². The highest BCUT2D eigenvalue weighted by Gasteiger charge is 2.45. The molecule has 1 saturated heterocycles. The van der Waals surface area contributed by atoms with Gasteiger partial charge in [0.15, 0.2) is 5.78 Å². The molecule has 0 radical (unpaired) electrons. The maximum absolute atomic E-state index is 13.3. The Morgan fingerprint density at radius 2 is 1.81 bits per heavy atom. The summed E-state index contributed by atoms with van der Waals surface area (Å²) in [6, 6.07) is 7.65. The third kappa shape index (κ3) is 6.55. The second-order valence-corrected chi connectivity index (χ2v) is 10.0. The van der Waals surface area contributed by atoms with Crippen molar-refractivity contribution in [3.8, 4) is 0 Å². The number of hydrogen-bond acceptors (Lipinski definition) is 6. The van der Waals surface area contributed by atoms with Crippen molar-refractivity contribution in [2.24, 2.45) is 11.8 Å². The minimum Gasteiger partial charge on any atom is -0.459 e. The van der Waals surface area contributed by atoms with Gasteiger partial charge in [0, 0.05) is 0 Å². The van der Waals surface area contributed by atoms with Crippen molar-refractivity contribution >= 4 is 17.8 Å². The molecule has 4 unspecified atom stereocenters. The number of fused-ring (bicyclic) bond motifs is 1. The van der Waals surface area contributed by atoms with Crippen molar-refractivity contribution in [2.75, 3.05) is 0 Å². The minimum absolute atomic E-state index is 0.119. The largest absolute Gasteiger partial charge is 0.459 e. The van der Waals surface area contributed by atoms with Crippen LogP contribution in [0.1, 0.15) is 65.4 Å². The number of hydrogen-bond donors (Lipinski definition) is 2. The summed E-state index contributed by atoms with van der Waals surface area (Å²) in [6.07, 6.45) is 4.20. The number of ether oxygens (including phenoxy) is 2. The second-order valence-electron chi connectivity index (χ2n) is 10.0. The molecule has 1 aromatic carbocycles. The first-order valence-corrected chi connectivity index (χ1v) is 11.6. The van der Waals surface area contributed by atoms with Crippen LogP contribution in [0.3, 0.4) is 0 Å². The van der Waals surface area contributed by atoms with Crippen LogP contribution in [0, 0.1) is 11.8 Å². The van der Waals surface area contributed by atoms with Gasteiger partial charge in [-0.1, -0.05) is 49.6 Å². The third-order valence-corrected chi connectivity index (χ3v) is 6.29. The van der Waals surface area contributed by atoms with Crippen molar-refractivity contribution in [3.05, 3.63) is 35.9 Å². The van der Waals surface area contributed by atoms with Crippen molar-refractivity contribution in [2.45, 2.75) is 90.1 Å². The lowest BCUT2D eigenvalue weighted by atomic mass is 9.68. The second kappa shape index (κ2) is 10.5. The Balaban J connectivity index is 1.62. The van der Waals surface area contributed by atoms with E-state index in [1.54, 1.807) is 6.92 Å². The molecule has 1 heterocycles. The monoisotopic (exact) mass is 444 g/mol. The van der Waals surface area contributed by atoms with Gasteiger partial charge in [-0.05, 0) is 57.9 Å². The maximum Gasteiger partial charge on any atom is 0.408 e. The SMILES string of the molecule is C[C@H](NC(=O)OCc1ccccc1)C(=O)C1NC(C(=O)OC(C)(C)C)CC2CCCCC21. The van der Waals surface area contributed by atoms with E-state index < -0.39 is 29.8 Å². The molecule has 2 N–H and O–H groups in total. The van der Waals surface area contributed by atoms with E-state index in [4.69, 9.17) is 9.47 Å². The number of carbonyl (C=O) groups is 3. The van der Waals surface area contributed by atoms with Gasteiger partial charge in [-0.3, -0.25) is 14.9 Å². The smallest absolute Gasteiger partial charge is 0.408 e. The van der Waals surface area contributed by atoms with Gasteiger partial charge in [-0.25, -0.2) is 4.79 Å². The van der Waals surface area contributed by atoms with E-state index in [1.165, 1.54) is 0 Å². The van der Waals surface area contributed by atoms with E-state index in [0.717, 1.165) is 31.2 Å². The molecule has 5 atom stereocenters. The Bertz CT molecular complexity index is 804. The number of rotatable bonds is 6. The Kier molecular flexibility index (Phi) is 7.93. The van der Waals surface area contributed by atoms with Crippen LogP contribution in [0.5, 0.6) is 0 Å². The molecule has 1 saturated carbocycles. The van der Waals surface area contributed by atoms with Crippen LogP contribution >= 0.6 is 0 Å². The zero-order chi connectivity index (χ0) is 23.3. The summed E-state index contributed by atoms with van der Waals surface area (Å²) in [5, 5.41) is 5.93. The highest BCUT2D eigenvalue weighted by atomic mass is 16.6. The molecule has 176 valence electrons. The van der Waals surface area contributed by atoms with Crippen LogP contribution in [0.25, 0.3) is 0 Å². The molecular weight excluding hydrogens is 408 g/mol. The molecule has 7 nitrogen and oxygen atoms in total. The molecule has 7 heteroatoms. The maximum atomic E-state index is 13.3. The van der Waals surface area contributed by atoms with Crippen LogP contribution in [0.2, 0.25) is 0 Å². The molecule has 2 fully saturated rings. The molecule has 1 aromatic rings. The van der Waals surface area contributed by atoms with E-state index in [2.05, 4.69) is 10.6 Å². The number of ketones is 1. The van der Waals surface area contributed by atoms with E-state index in [9.17, 15) is 14.4 Å². The van der Waals surface area contributed by atoms with Crippen LogP contribution in [-0.2, 0) is 25.7 Å². The van der Waals surface area contributed by atoms with E-state index >= 15 is 0 Å². The molecule has 1 amide bonds. The van der Waals surface area contributed by atoms with Gasteiger partial charge in [0.1, 0.15) is 18.2 Å². The lowest BCUT2D eigenvalue weighted by molar-refractivity contribution is -0.160. The lowest BCUT2D eigenvalue weighted by Gasteiger charge is -2.45. The molecule has 0 bridgehead atoms. The predicted octanol–water partition coefficient (Wildman–Crippen LogP) is 3.75. The fourth-order valence-corrected chi connectivity index (χ4v) is 4.79. The van der Waals surface area contributed by atoms with Crippen LogP contribution in [0.4, 0.5) is 4.79 Å². The minimum atomic E-state index is -0.726. The van der Waals surface area contributed by atoms with Gasteiger partial charge >= 0.3 is 12.1 Å². The number of nitrogens with one attached hydrogen (secondary N) is 2. The van der Waals surface area contributed by atoms with Gasteiger partial charge in [-0.2, -0.15) is 0 Å². The summed E-state index contributed by atoms with van der Waals surface area (Å²) in [5.74, 6) is 0.0299. The Morgan fingerprint density at radius 3 is 2.50 bits per heavy atom. The number of alkyl carbamates (subject to hydrolysis) is 1. The Labute approximate surface area is 190 Å². The molecular formula is C25H36N2O5. The van der Waals surface area contributed by atoms with Crippen LogP contribution in [-0.4, -0.2) is 41.6 Å². The van der Waals surface area contributed by atoms with Gasteiger partial charge < -0.3 is 14.8 Å². The van der Waals surface area contributed by atoms with Crippen molar-refractivity contribution in [1.82, 2.24) is 10.6 Å². The average molecular weight is 445 g/mol. The fraction of sp³-hybridized carbons (Fsp3) is 0.640. The standard InChI is InChI=1S/C25H36N2O5/c1-16(26-24(30)31-15-17-10-6-5-7-11-17)22(28)21-19-13-9-8-12-18(19)14-20(27-21)23(29)32-25(2,3)4/h5-7,10-11,16,18-21,27H,8-9,12-15H2,1-4H3,(H,26,30)/t16-,18?,19?,20?,21?/m0/s1. The summed E-state index contributed by atoms with van der Waals surface area (Å²) >= 11 is 0. The number of benzene rings is 1. The van der Waals surface area contributed by atoms with Gasteiger partial charge in [0.05, 0.1) is 12.1 Å². The van der Waals surface area contributed by atoms with Crippen LogP contribution < -0.4 is 10.6 Å². The zero-order valence-corrected chi connectivity index (χ0v) is 19.6. The summed E-state index contributed by atoms with van der Waals surface area (Å²) in [5.41, 5.74) is 0.291. The highest BCUT2D eigenvalue weighted by Crippen LogP contribution is 2.39. The number of amides is 1. The molecule has 0 spiro atoms. The molecule has 0 aromatic heterocycles. The van der Waals surface area contributed by atoms with E-state index in [1.807, 2.05) is 51.1 Å². The van der Waals surface area contributed by atoms with Gasteiger partial charge in [-0.15, -0.1) is 0 Å². The first-order valence-electron chi connectivity index (χ1n) is 11.6. The van der Waals surface area contributed by atoms with E-state index in [-0.39, 0.29) is 24.3 Å². The summed E-state index contributed by atoms with van der Waals surface area (Å²) in [4.78, 5) is 38.3. The zero-order valence-electron chi connectivity index (χ0n) is 19.6. The topological polar surface area (TPSA) is 93.7 Å². The molecule has 2 aliphatic rings. The summed E-state index contributed by atoms with van der Waals surface area (Å²) < 4.78 is 10.8. The average Bonchev–Trinajstić information content (AvgIpc) is 2.76. The quantitative estimate of drug-likeness (QED) is 0.649. The number of Topliss-reactive ketones (excluding diaryl/α,β-unsaturated/α-hetero) is 1. The van der Waals surface area contributed by atoms with Crippen molar-refractivity contribution in [3.63, 3.8) is 0 Å². The Hall–Kier alpha value is -2.41. The summed E-state index contributed by atoms with van der Waals surface area (Å²) in [6.45, 7) is 7.33. The van der Waals surface area contributed by atoms with Crippen LogP contribution in [0.15, 0.2) is 30.3 Å². The fourth-order valence-electron chi connectivity index (χ4n) is 4.79. The first kappa shape index (κ1) is 24.2. The summed E-state index contributed by atoms with van der Waals surface area (Å²) in [7, 11) is 0. The lowest BCUT2D eigenvalue weighted by Crippen LogP contribution is -2.62. The van der Waals surface area contributed by atoms with Gasteiger partial charge in [0.25, 0.3) is 0 Å². The number of piperidine rings is 1. The molecule has 32 heavy (non-hydrogen) atoms. The third-order valence-electron chi connectivity index (χ3n) is 6.29. The van der Waals surface area contributed by atoms with E-state index in [0.29, 0.717) is 12.3 Å². The normalized spacial score (nSPS) is 26.4. The molecule has 1 aliphatic heterocycles. The first-order chi connectivity index (χ1) is 15.1. The van der Waals surface area contributed by atoms with Gasteiger partial charge in [0.2, 0.25) is 0 Å². The highest BCUT2D eigenvalue weighted by molar-refractivity contribution is 5.92. The Morgan fingerprint density at radius 1 is 1.12 bits per heavy atom. The number of esters is 1. The molecule has 1 aliphatic carbocycles. The number of carbonyl (C=O) groups excluding carboxylic acids is 3. The molecule has 3 rings (SSSR count). The predicted molar refractivity (Wildman–Crippen MR) is 121 cm³/mol. The van der Waals surface area contributed by atoms with Crippen molar-refractivity contribution in [1.29, 1.82) is 0 Å².